The number of furan rings is 2. The molecule has 0 fully saturated rings. The van der Waals surface area contributed by atoms with Crippen molar-refractivity contribution in [1.82, 2.24) is 0 Å². The molecule has 2 atom stereocenters. The van der Waals surface area contributed by atoms with Crippen molar-refractivity contribution >= 4 is 32.8 Å². The summed E-state index contributed by atoms with van der Waals surface area (Å²) < 4.78 is 13.3. The minimum atomic E-state index is -0.0490. The first-order valence-electron chi connectivity index (χ1n) is 18.3. The number of rotatable bonds is 8. The smallest absolute Gasteiger partial charge is 0.130 e. The van der Waals surface area contributed by atoms with Gasteiger partial charge in [-0.1, -0.05) is 139 Å². The Hall–Kier alpha value is -4.86. The van der Waals surface area contributed by atoms with E-state index < -0.39 is 0 Å². The summed E-state index contributed by atoms with van der Waals surface area (Å²) in [6.45, 7) is 13.3. The quantitative estimate of drug-likeness (QED) is 0.149. The van der Waals surface area contributed by atoms with Gasteiger partial charge >= 0.3 is 0 Å². The van der Waals surface area contributed by atoms with Crippen LogP contribution < -0.4 is 0 Å². The van der Waals surface area contributed by atoms with Crippen LogP contribution in [0.3, 0.4) is 0 Å². The Balaban J connectivity index is 1.15. The fourth-order valence-corrected chi connectivity index (χ4v) is 9.40. The summed E-state index contributed by atoms with van der Waals surface area (Å²) in [7, 11) is 0.739. The second-order valence-electron chi connectivity index (χ2n) is 16.1. The maximum atomic E-state index is 6.64. The SMILES string of the molecule is CC(C)(C)c1ccc(C2=Cc3c(-c4ccccc4)cccc3C2C[Si]CC2C(c3ccc(C(C)(C)C)o3)=Cc3c(-c4ccccc4)cccc32)o1. The molecule has 0 amide bonds. The van der Waals surface area contributed by atoms with E-state index in [0.29, 0.717) is 0 Å². The van der Waals surface area contributed by atoms with Crippen molar-refractivity contribution in [2.45, 2.75) is 76.3 Å². The van der Waals surface area contributed by atoms with Crippen molar-refractivity contribution in [3.63, 3.8) is 0 Å². The second kappa shape index (κ2) is 13.0. The zero-order valence-corrected chi connectivity index (χ0v) is 31.6. The number of allylic oxidation sites excluding steroid dienone is 2. The highest BCUT2D eigenvalue weighted by Gasteiger charge is 2.34. The third-order valence-electron chi connectivity index (χ3n) is 10.5. The van der Waals surface area contributed by atoms with Gasteiger partial charge in [0, 0.05) is 43.3 Å². The van der Waals surface area contributed by atoms with Crippen molar-refractivity contribution < 1.29 is 8.83 Å². The summed E-state index contributed by atoms with van der Waals surface area (Å²) in [4.78, 5) is 0. The van der Waals surface area contributed by atoms with E-state index in [4.69, 9.17) is 8.83 Å². The molecule has 3 heteroatoms. The zero-order chi connectivity index (χ0) is 35.3. The van der Waals surface area contributed by atoms with Crippen LogP contribution in [-0.4, -0.2) is 9.52 Å². The lowest BCUT2D eigenvalue weighted by molar-refractivity contribution is 0.402. The molecule has 0 aliphatic heterocycles. The molecular weight excluding hydrogens is 637 g/mol. The van der Waals surface area contributed by atoms with E-state index in [-0.39, 0.29) is 22.7 Å². The first-order chi connectivity index (χ1) is 24.6. The standard InChI is InChI=1S/C48H46O2Si/c1-47(2,3)45-25-23-43(49-45)39-27-37-33(31-15-9-7-10-16-31)19-13-21-35(37)41(39)29-51-30-42-36-22-14-20-34(32-17-11-8-12-18-32)38(36)28-40(42)44-24-26-46(50-44)48(4,5)6/h7-28,41-42H,29-30H2,1-6H3. The number of benzene rings is 4. The molecular formula is C48H46O2Si. The molecule has 2 nitrogen and oxygen atoms in total. The van der Waals surface area contributed by atoms with E-state index in [1.807, 2.05) is 0 Å². The van der Waals surface area contributed by atoms with E-state index >= 15 is 0 Å². The highest BCUT2D eigenvalue weighted by atomic mass is 28.2. The van der Waals surface area contributed by atoms with Gasteiger partial charge in [0.2, 0.25) is 0 Å². The molecule has 2 radical (unpaired) electrons. The Morgan fingerprint density at radius 2 is 0.882 bits per heavy atom. The highest BCUT2D eigenvalue weighted by molar-refractivity contribution is 6.37. The van der Waals surface area contributed by atoms with Crippen LogP contribution in [0, 0.1) is 0 Å². The Morgan fingerprint density at radius 1 is 0.471 bits per heavy atom. The largest absolute Gasteiger partial charge is 0.461 e. The summed E-state index contributed by atoms with van der Waals surface area (Å²) in [5, 5.41) is 0. The van der Waals surface area contributed by atoms with Crippen LogP contribution >= 0.6 is 0 Å². The highest BCUT2D eigenvalue weighted by Crippen LogP contribution is 2.51. The average molecular weight is 683 g/mol. The van der Waals surface area contributed by atoms with E-state index in [1.54, 1.807) is 0 Å². The van der Waals surface area contributed by atoms with Gasteiger partial charge in [0.05, 0.1) is 0 Å². The normalized spacial score (nSPS) is 16.9. The molecule has 2 heterocycles. The van der Waals surface area contributed by atoms with E-state index in [0.717, 1.165) is 44.6 Å². The molecule has 0 saturated carbocycles. The van der Waals surface area contributed by atoms with E-state index in [9.17, 15) is 0 Å². The lowest BCUT2D eigenvalue weighted by atomic mass is 9.92. The maximum absolute atomic E-state index is 6.64. The van der Waals surface area contributed by atoms with Gasteiger partial charge in [0.1, 0.15) is 23.0 Å². The number of hydrogen-bond acceptors (Lipinski definition) is 2. The molecule has 0 saturated heterocycles. The van der Waals surface area contributed by atoms with Crippen LogP contribution in [0.15, 0.2) is 130 Å². The predicted octanol–water partition coefficient (Wildman–Crippen LogP) is 13.3. The summed E-state index contributed by atoms with van der Waals surface area (Å²) in [6, 6.07) is 46.1. The van der Waals surface area contributed by atoms with Gasteiger partial charge in [0.25, 0.3) is 0 Å². The molecule has 4 aromatic carbocycles. The summed E-state index contributed by atoms with van der Waals surface area (Å²) in [5.74, 6) is 4.57. The van der Waals surface area contributed by atoms with Gasteiger partial charge in [-0.25, -0.2) is 0 Å². The Morgan fingerprint density at radius 3 is 1.25 bits per heavy atom. The summed E-state index contributed by atoms with van der Waals surface area (Å²) in [6.07, 6.45) is 4.83. The first-order valence-corrected chi connectivity index (χ1v) is 19.7. The number of fused-ring (bicyclic) bond motifs is 2. The van der Waals surface area contributed by atoms with Gasteiger partial charge in [-0.2, -0.15) is 0 Å². The van der Waals surface area contributed by atoms with Gasteiger partial charge < -0.3 is 8.83 Å². The average Bonchev–Trinajstić information content (AvgIpc) is 3.93. The summed E-state index contributed by atoms with van der Waals surface area (Å²) >= 11 is 0. The molecule has 2 unspecified atom stereocenters. The minimum absolute atomic E-state index is 0.0490. The van der Waals surface area contributed by atoms with Gasteiger partial charge in [0.15, 0.2) is 0 Å². The van der Waals surface area contributed by atoms with Crippen molar-refractivity contribution in [3.05, 3.63) is 167 Å². The fourth-order valence-electron chi connectivity index (χ4n) is 7.77. The van der Waals surface area contributed by atoms with E-state index in [1.165, 1.54) is 55.7 Å². The van der Waals surface area contributed by atoms with Gasteiger partial charge in [-0.15, -0.1) is 0 Å². The van der Waals surface area contributed by atoms with Crippen molar-refractivity contribution in [2.75, 3.05) is 0 Å². The summed E-state index contributed by atoms with van der Waals surface area (Å²) in [5.41, 5.74) is 13.0. The topological polar surface area (TPSA) is 26.3 Å². The van der Waals surface area contributed by atoms with Gasteiger partial charge in [-0.3, -0.25) is 0 Å². The van der Waals surface area contributed by atoms with Crippen LogP contribution in [0.1, 0.15) is 98.7 Å². The molecule has 0 N–H and O–H groups in total. The number of hydrogen-bond donors (Lipinski definition) is 0. The minimum Gasteiger partial charge on any atom is -0.461 e. The second-order valence-corrected chi connectivity index (χ2v) is 17.5. The van der Waals surface area contributed by atoms with Crippen LogP contribution in [-0.2, 0) is 10.8 Å². The molecule has 6 aromatic rings. The van der Waals surface area contributed by atoms with Gasteiger partial charge in [-0.05, 0) is 93.0 Å². The molecule has 254 valence electrons. The monoisotopic (exact) mass is 682 g/mol. The van der Waals surface area contributed by atoms with Crippen LogP contribution in [0.25, 0.3) is 45.6 Å². The molecule has 0 bridgehead atoms. The molecule has 0 spiro atoms. The van der Waals surface area contributed by atoms with Crippen LogP contribution in [0.2, 0.25) is 12.1 Å². The molecule has 2 aliphatic rings. The van der Waals surface area contributed by atoms with E-state index in [2.05, 4.69) is 175 Å². The van der Waals surface area contributed by atoms with Crippen molar-refractivity contribution in [2.24, 2.45) is 0 Å². The van der Waals surface area contributed by atoms with Crippen LogP contribution in [0.5, 0.6) is 0 Å². The molecule has 51 heavy (non-hydrogen) atoms. The molecule has 8 rings (SSSR count). The molecule has 2 aliphatic carbocycles. The molecule has 2 aromatic heterocycles. The maximum Gasteiger partial charge on any atom is 0.130 e. The Labute approximate surface area is 305 Å². The third kappa shape index (κ3) is 6.34. The van der Waals surface area contributed by atoms with Crippen molar-refractivity contribution in [1.29, 1.82) is 0 Å². The first kappa shape index (κ1) is 33.3. The zero-order valence-electron chi connectivity index (χ0n) is 30.6. The Kier molecular flexibility index (Phi) is 8.51. The Bertz CT molecular complexity index is 2090. The fraction of sp³-hybridized carbons (Fsp3) is 0.250. The predicted molar refractivity (Wildman–Crippen MR) is 215 cm³/mol. The lowest BCUT2D eigenvalue weighted by Gasteiger charge is -2.20. The lowest BCUT2D eigenvalue weighted by Crippen LogP contribution is -2.09. The third-order valence-corrected chi connectivity index (χ3v) is 11.9. The van der Waals surface area contributed by atoms with Crippen molar-refractivity contribution in [3.8, 4) is 22.3 Å². The van der Waals surface area contributed by atoms with Crippen LogP contribution in [0.4, 0.5) is 0 Å².